The molecule has 4 rings (SSSR count). The average molecular weight is 346 g/mol. The van der Waals surface area contributed by atoms with Gasteiger partial charge in [0.25, 0.3) is 5.91 Å². The number of hydrogen-bond donors (Lipinski definition) is 1. The highest BCUT2D eigenvalue weighted by atomic mass is 16.5. The van der Waals surface area contributed by atoms with Crippen molar-refractivity contribution >= 4 is 11.8 Å². The van der Waals surface area contributed by atoms with Crippen LogP contribution in [0.4, 0.5) is 0 Å². The molecule has 2 amide bonds. The zero-order valence-electron chi connectivity index (χ0n) is 14.7. The van der Waals surface area contributed by atoms with Crippen LogP contribution in [0.25, 0.3) is 0 Å². The van der Waals surface area contributed by atoms with Crippen LogP contribution in [0.3, 0.4) is 0 Å². The van der Waals surface area contributed by atoms with E-state index in [1.807, 2.05) is 11.8 Å². The van der Waals surface area contributed by atoms with Crippen LogP contribution in [0.15, 0.2) is 12.3 Å². The van der Waals surface area contributed by atoms with Gasteiger partial charge in [0.05, 0.1) is 19.7 Å². The molecule has 136 valence electrons. The van der Waals surface area contributed by atoms with Gasteiger partial charge in [-0.25, -0.2) is 0 Å². The first-order valence-electron chi connectivity index (χ1n) is 9.30. The molecule has 3 heterocycles. The first kappa shape index (κ1) is 16.6. The first-order chi connectivity index (χ1) is 12.1. The molecule has 3 fully saturated rings. The molecule has 1 saturated carbocycles. The van der Waals surface area contributed by atoms with Gasteiger partial charge in [0.15, 0.2) is 0 Å². The molecule has 2 aliphatic heterocycles. The van der Waals surface area contributed by atoms with Gasteiger partial charge in [-0.2, -0.15) is 5.10 Å². The van der Waals surface area contributed by atoms with Crippen LogP contribution in [-0.4, -0.2) is 58.3 Å². The van der Waals surface area contributed by atoms with Gasteiger partial charge in [0.1, 0.15) is 11.3 Å². The molecule has 3 aliphatic rings. The van der Waals surface area contributed by atoms with Crippen LogP contribution < -0.4 is 5.32 Å². The lowest BCUT2D eigenvalue weighted by atomic mass is 9.85. The highest BCUT2D eigenvalue weighted by molar-refractivity contribution is 5.93. The third kappa shape index (κ3) is 3.42. The Bertz CT molecular complexity index is 661. The SMILES string of the molecule is CCn1nccc1C(=O)N1CC2(CC(CC(=O)NCC3CC3)CO2)C1. The van der Waals surface area contributed by atoms with Gasteiger partial charge in [-0.3, -0.25) is 14.3 Å². The van der Waals surface area contributed by atoms with Crippen LogP contribution in [-0.2, 0) is 16.1 Å². The van der Waals surface area contributed by atoms with E-state index in [0.717, 1.165) is 13.0 Å². The molecule has 1 atom stereocenters. The lowest BCUT2D eigenvalue weighted by molar-refractivity contribution is -0.122. The Balaban J connectivity index is 1.25. The molecule has 1 aromatic rings. The molecule has 0 bridgehead atoms. The van der Waals surface area contributed by atoms with Gasteiger partial charge in [-0.1, -0.05) is 0 Å². The quantitative estimate of drug-likeness (QED) is 0.835. The van der Waals surface area contributed by atoms with Gasteiger partial charge in [0.2, 0.25) is 5.91 Å². The summed E-state index contributed by atoms with van der Waals surface area (Å²) in [5.74, 6) is 1.12. The number of hydrogen-bond acceptors (Lipinski definition) is 4. The predicted octanol–water partition coefficient (Wildman–Crippen LogP) is 1.05. The third-order valence-electron chi connectivity index (χ3n) is 5.53. The summed E-state index contributed by atoms with van der Waals surface area (Å²) in [6.07, 6.45) is 5.55. The number of nitrogens with zero attached hydrogens (tertiary/aromatic N) is 3. The summed E-state index contributed by atoms with van der Waals surface area (Å²) in [6, 6.07) is 1.76. The Morgan fingerprint density at radius 2 is 2.16 bits per heavy atom. The van der Waals surface area contributed by atoms with Crippen molar-refractivity contribution in [2.24, 2.45) is 11.8 Å². The second-order valence-electron chi connectivity index (χ2n) is 7.71. The van der Waals surface area contributed by atoms with E-state index < -0.39 is 0 Å². The van der Waals surface area contributed by atoms with Crippen molar-refractivity contribution in [3.63, 3.8) is 0 Å². The molecule has 7 heteroatoms. The Labute approximate surface area is 147 Å². The highest BCUT2D eigenvalue weighted by Crippen LogP contribution is 2.39. The number of carbonyl (C=O) groups is 2. The predicted molar refractivity (Wildman–Crippen MR) is 90.9 cm³/mol. The lowest BCUT2D eigenvalue weighted by Gasteiger charge is -2.47. The fourth-order valence-corrected chi connectivity index (χ4v) is 3.93. The molecule has 2 saturated heterocycles. The zero-order chi connectivity index (χ0) is 17.4. The van der Waals surface area contributed by atoms with Crippen LogP contribution in [0.1, 0.15) is 43.1 Å². The van der Waals surface area contributed by atoms with Crippen molar-refractivity contribution < 1.29 is 14.3 Å². The van der Waals surface area contributed by atoms with Crippen LogP contribution in [0, 0.1) is 11.8 Å². The summed E-state index contributed by atoms with van der Waals surface area (Å²) in [4.78, 5) is 26.4. The van der Waals surface area contributed by atoms with Crippen LogP contribution in [0.2, 0.25) is 0 Å². The number of rotatable bonds is 6. The summed E-state index contributed by atoms with van der Waals surface area (Å²) in [6.45, 7) is 5.32. The number of nitrogens with one attached hydrogen (secondary N) is 1. The number of ether oxygens (including phenoxy) is 1. The van der Waals surface area contributed by atoms with Crippen molar-refractivity contribution in [1.82, 2.24) is 20.0 Å². The van der Waals surface area contributed by atoms with Gasteiger partial charge < -0.3 is 15.0 Å². The minimum atomic E-state index is -0.242. The maximum absolute atomic E-state index is 12.6. The Morgan fingerprint density at radius 3 is 2.88 bits per heavy atom. The summed E-state index contributed by atoms with van der Waals surface area (Å²) in [5, 5.41) is 7.18. The molecule has 25 heavy (non-hydrogen) atoms. The van der Waals surface area contributed by atoms with E-state index in [2.05, 4.69) is 10.4 Å². The van der Waals surface area contributed by atoms with Crippen molar-refractivity contribution in [2.45, 2.75) is 44.8 Å². The van der Waals surface area contributed by atoms with Gasteiger partial charge >= 0.3 is 0 Å². The van der Waals surface area contributed by atoms with E-state index in [9.17, 15) is 9.59 Å². The molecule has 1 unspecified atom stereocenters. The van der Waals surface area contributed by atoms with Crippen LogP contribution >= 0.6 is 0 Å². The number of aromatic nitrogens is 2. The van der Waals surface area contributed by atoms with Crippen molar-refractivity contribution in [3.05, 3.63) is 18.0 Å². The molecule has 1 aromatic heterocycles. The molecular formula is C18H26N4O3. The first-order valence-corrected chi connectivity index (χ1v) is 9.30. The molecule has 0 radical (unpaired) electrons. The van der Waals surface area contributed by atoms with Gasteiger partial charge in [-0.05, 0) is 44.1 Å². The molecule has 0 aromatic carbocycles. The van der Waals surface area contributed by atoms with Crippen molar-refractivity contribution in [2.75, 3.05) is 26.2 Å². The Morgan fingerprint density at radius 1 is 1.36 bits per heavy atom. The smallest absolute Gasteiger partial charge is 0.272 e. The van der Waals surface area contributed by atoms with Crippen LogP contribution in [0.5, 0.6) is 0 Å². The standard InChI is InChI=1S/C18H26N4O3/c1-2-22-15(5-6-20-22)17(24)21-11-18(12-21)8-14(10-25-18)7-16(23)19-9-13-3-4-13/h5-6,13-14H,2-4,7-12H2,1H3,(H,19,23). The maximum atomic E-state index is 12.6. The molecule has 1 spiro atoms. The van der Waals surface area contributed by atoms with Crippen molar-refractivity contribution in [1.29, 1.82) is 0 Å². The minimum absolute atomic E-state index is 0.0131. The third-order valence-corrected chi connectivity index (χ3v) is 5.53. The molecular weight excluding hydrogens is 320 g/mol. The van der Waals surface area contributed by atoms with Gasteiger partial charge in [0, 0.05) is 25.7 Å². The summed E-state index contributed by atoms with van der Waals surface area (Å²) in [5.41, 5.74) is 0.389. The minimum Gasteiger partial charge on any atom is -0.371 e. The maximum Gasteiger partial charge on any atom is 0.272 e. The Kier molecular flexibility index (Phi) is 4.27. The fourth-order valence-electron chi connectivity index (χ4n) is 3.93. The van der Waals surface area contributed by atoms with E-state index in [1.165, 1.54) is 12.8 Å². The van der Waals surface area contributed by atoms with E-state index in [4.69, 9.17) is 4.74 Å². The number of likely N-dealkylation sites (tertiary alicyclic amines) is 1. The number of amides is 2. The monoisotopic (exact) mass is 346 g/mol. The summed E-state index contributed by atoms with van der Waals surface area (Å²) >= 11 is 0. The van der Waals surface area contributed by atoms with E-state index in [1.54, 1.807) is 16.9 Å². The second-order valence-corrected chi connectivity index (χ2v) is 7.71. The second kappa shape index (κ2) is 6.44. The molecule has 1 N–H and O–H groups in total. The molecule has 7 nitrogen and oxygen atoms in total. The van der Waals surface area contributed by atoms with Crippen molar-refractivity contribution in [3.8, 4) is 0 Å². The normalized spacial score (nSPS) is 24.4. The zero-order valence-corrected chi connectivity index (χ0v) is 14.7. The van der Waals surface area contributed by atoms with E-state index in [0.29, 0.717) is 44.3 Å². The highest BCUT2D eigenvalue weighted by Gasteiger charge is 2.51. The largest absolute Gasteiger partial charge is 0.371 e. The summed E-state index contributed by atoms with van der Waals surface area (Å²) in [7, 11) is 0. The Hall–Kier alpha value is -1.89. The van der Waals surface area contributed by atoms with E-state index in [-0.39, 0.29) is 23.3 Å². The number of carbonyl (C=O) groups excluding carboxylic acids is 2. The summed E-state index contributed by atoms with van der Waals surface area (Å²) < 4.78 is 7.70. The lowest BCUT2D eigenvalue weighted by Crippen LogP contribution is -2.63. The van der Waals surface area contributed by atoms with E-state index >= 15 is 0 Å². The average Bonchev–Trinajstić information content (AvgIpc) is 3.11. The number of aryl methyl sites for hydroxylation is 1. The molecule has 1 aliphatic carbocycles. The fraction of sp³-hybridized carbons (Fsp3) is 0.722. The van der Waals surface area contributed by atoms with Gasteiger partial charge in [-0.15, -0.1) is 0 Å². The topological polar surface area (TPSA) is 76.5 Å².